The molecule has 0 aliphatic rings. The number of ketones is 1. The van der Waals surface area contributed by atoms with Crippen molar-refractivity contribution >= 4 is 15.9 Å². The Morgan fingerprint density at radius 1 is 1.43 bits per heavy atom. The van der Waals surface area contributed by atoms with Crippen molar-refractivity contribution in [3.63, 3.8) is 0 Å². The summed E-state index contributed by atoms with van der Waals surface area (Å²) in [5.41, 5.74) is -1.37. The predicted molar refractivity (Wildman–Crippen MR) is 45.5 cm³/mol. The third-order valence-electron chi connectivity index (χ3n) is 1.47. The van der Waals surface area contributed by atoms with Crippen molar-refractivity contribution in [2.24, 2.45) is 5.41 Å². The fraction of sp³-hybridized carbons (Fsp3) is 0.714. The molecule has 0 amide bonds. The summed E-state index contributed by atoms with van der Waals surface area (Å²) in [6.45, 7) is 3.73. The molecule has 0 aliphatic heterocycles. The van der Waals surface area contributed by atoms with E-state index < -0.39 is 26.3 Å². The minimum Gasteiger partial charge on any atom is -0.293 e. The van der Waals surface area contributed by atoms with Gasteiger partial charge in [-0.25, -0.2) is 0 Å². The molecule has 7 heteroatoms. The second kappa shape index (κ2) is 3.29. The van der Waals surface area contributed by atoms with Crippen molar-refractivity contribution in [1.29, 1.82) is 5.26 Å². The van der Waals surface area contributed by atoms with Crippen LogP contribution in [0.5, 0.6) is 0 Å². The van der Waals surface area contributed by atoms with Crippen LogP contribution in [0.25, 0.3) is 0 Å². The highest BCUT2D eigenvalue weighted by Crippen LogP contribution is 2.29. The molecule has 80 valence electrons. The van der Waals surface area contributed by atoms with Crippen LogP contribution in [0, 0.1) is 16.7 Å². The normalized spacial score (nSPS) is 16.9. The summed E-state index contributed by atoms with van der Waals surface area (Å²) in [6.07, 6.45) is 0. The van der Waals surface area contributed by atoms with Gasteiger partial charge in [0, 0.05) is 5.41 Å². The Bertz CT molecular complexity index is 389. The van der Waals surface area contributed by atoms with Crippen LogP contribution in [0.4, 0.5) is 4.39 Å². The first kappa shape index (κ1) is 13.0. The van der Waals surface area contributed by atoms with Crippen molar-refractivity contribution < 1.29 is 22.2 Å². The lowest BCUT2D eigenvalue weighted by molar-refractivity contribution is -0.131. The first-order valence-corrected chi connectivity index (χ1v) is 5.03. The standard InChI is InChI=1S/C7H10FNO4S/c1-6(2,3)5(10)7(8,4-9)14(11,12)13/h1-3H3,(H,11,12,13). The number of nitriles is 1. The summed E-state index contributed by atoms with van der Waals surface area (Å²) in [4.78, 5) is 11.2. The molecule has 0 rings (SSSR count). The molecule has 1 N–H and O–H groups in total. The van der Waals surface area contributed by atoms with Crippen LogP contribution in [-0.4, -0.2) is 23.8 Å². The van der Waals surface area contributed by atoms with E-state index in [0.717, 1.165) is 0 Å². The number of hydrogen-bond acceptors (Lipinski definition) is 4. The van der Waals surface area contributed by atoms with Crippen LogP contribution in [-0.2, 0) is 14.9 Å². The van der Waals surface area contributed by atoms with E-state index in [-0.39, 0.29) is 0 Å². The zero-order valence-electron chi connectivity index (χ0n) is 7.91. The van der Waals surface area contributed by atoms with E-state index in [1.54, 1.807) is 0 Å². The maximum atomic E-state index is 13.4. The monoisotopic (exact) mass is 223 g/mol. The van der Waals surface area contributed by atoms with Crippen LogP contribution in [0.3, 0.4) is 0 Å². The minimum absolute atomic E-state index is 0.671. The third kappa shape index (κ3) is 2.08. The molecular weight excluding hydrogens is 213 g/mol. The van der Waals surface area contributed by atoms with Crippen molar-refractivity contribution in [3.8, 4) is 6.07 Å². The Morgan fingerprint density at radius 3 is 1.86 bits per heavy atom. The van der Waals surface area contributed by atoms with Gasteiger partial charge in [0.1, 0.15) is 6.07 Å². The molecule has 0 saturated heterocycles. The smallest absolute Gasteiger partial charge is 0.293 e. The van der Waals surface area contributed by atoms with Crippen LogP contribution in [0.15, 0.2) is 0 Å². The number of Topliss-reactive ketones (excluding diaryl/α,β-unsaturated/α-hetero) is 1. The molecule has 0 heterocycles. The Balaban J connectivity index is 5.57. The largest absolute Gasteiger partial charge is 0.376 e. The van der Waals surface area contributed by atoms with E-state index in [1.807, 2.05) is 0 Å². The predicted octanol–water partition coefficient (Wildman–Crippen LogP) is 0.679. The van der Waals surface area contributed by atoms with Gasteiger partial charge in [0.25, 0.3) is 0 Å². The maximum absolute atomic E-state index is 13.4. The van der Waals surface area contributed by atoms with E-state index in [1.165, 1.54) is 20.8 Å². The summed E-state index contributed by atoms with van der Waals surface area (Å²) < 4.78 is 42.8. The molecule has 0 spiro atoms. The molecule has 5 nitrogen and oxygen atoms in total. The van der Waals surface area contributed by atoms with E-state index in [0.29, 0.717) is 6.07 Å². The zero-order chi connectivity index (χ0) is 11.8. The molecule has 1 unspecified atom stereocenters. The second-order valence-corrected chi connectivity index (χ2v) is 5.27. The highest BCUT2D eigenvalue weighted by molar-refractivity contribution is 7.88. The molecule has 0 saturated carbocycles. The summed E-state index contributed by atoms with van der Waals surface area (Å²) in [5, 5.41) is 4.39. The number of carbonyl (C=O) groups is 1. The molecule has 1 atom stereocenters. The number of alkyl halides is 1. The Morgan fingerprint density at radius 2 is 1.79 bits per heavy atom. The quantitative estimate of drug-likeness (QED) is 0.694. The minimum atomic E-state index is -5.37. The highest BCUT2D eigenvalue weighted by atomic mass is 32.2. The lowest BCUT2D eigenvalue weighted by Gasteiger charge is -2.22. The van der Waals surface area contributed by atoms with Gasteiger partial charge in [-0.2, -0.15) is 18.1 Å². The van der Waals surface area contributed by atoms with Gasteiger partial charge in [0.15, 0.2) is 0 Å². The lowest BCUT2D eigenvalue weighted by atomic mass is 9.88. The van der Waals surface area contributed by atoms with Crippen LogP contribution in [0.1, 0.15) is 20.8 Å². The average molecular weight is 223 g/mol. The van der Waals surface area contributed by atoms with Crippen molar-refractivity contribution in [2.75, 3.05) is 0 Å². The van der Waals surface area contributed by atoms with Gasteiger partial charge in [0.05, 0.1) is 0 Å². The van der Waals surface area contributed by atoms with Gasteiger partial charge in [-0.3, -0.25) is 9.35 Å². The van der Waals surface area contributed by atoms with Gasteiger partial charge < -0.3 is 0 Å². The fourth-order valence-corrected chi connectivity index (χ4v) is 1.36. The third-order valence-corrected chi connectivity index (χ3v) is 2.46. The summed E-state index contributed by atoms with van der Waals surface area (Å²) >= 11 is 0. The zero-order valence-corrected chi connectivity index (χ0v) is 8.72. The first-order valence-electron chi connectivity index (χ1n) is 3.59. The highest BCUT2D eigenvalue weighted by Gasteiger charge is 2.55. The number of hydrogen-bond donors (Lipinski definition) is 1. The van der Waals surface area contributed by atoms with Gasteiger partial charge >= 0.3 is 15.1 Å². The summed E-state index contributed by atoms with van der Waals surface area (Å²) in [6, 6.07) is 0.671. The number of nitrogens with zero attached hydrogens (tertiary/aromatic N) is 1. The lowest BCUT2D eigenvalue weighted by Crippen LogP contribution is -2.46. The average Bonchev–Trinajstić information content (AvgIpc) is 1.97. The first-order chi connectivity index (χ1) is 5.97. The van der Waals surface area contributed by atoms with Crippen molar-refractivity contribution in [2.45, 2.75) is 25.8 Å². The fourth-order valence-electron chi connectivity index (χ4n) is 0.708. The molecule has 0 aromatic carbocycles. The number of halogens is 1. The van der Waals surface area contributed by atoms with E-state index in [9.17, 15) is 17.6 Å². The topological polar surface area (TPSA) is 95.2 Å². The summed E-state index contributed by atoms with van der Waals surface area (Å²) in [7, 11) is -5.37. The molecular formula is C7H10FNO4S. The van der Waals surface area contributed by atoms with Crippen molar-refractivity contribution in [1.82, 2.24) is 0 Å². The number of carbonyl (C=O) groups excluding carboxylic acids is 1. The van der Waals surface area contributed by atoms with E-state index >= 15 is 0 Å². The molecule has 0 aliphatic carbocycles. The molecule has 0 aromatic rings. The van der Waals surface area contributed by atoms with E-state index in [2.05, 4.69) is 0 Å². The van der Waals surface area contributed by atoms with Gasteiger partial charge in [-0.15, -0.1) is 0 Å². The summed E-state index contributed by atoms with van der Waals surface area (Å²) in [5.74, 6) is -1.49. The molecule has 0 radical (unpaired) electrons. The number of rotatable bonds is 2. The molecule has 0 bridgehead atoms. The Hall–Kier alpha value is -1.00. The molecule has 14 heavy (non-hydrogen) atoms. The van der Waals surface area contributed by atoms with Crippen molar-refractivity contribution in [3.05, 3.63) is 0 Å². The SMILES string of the molecule is CC(C)(C)C(=O)C(F)(C#N)S(=O)(=O)O. The Labute approximate surface area is 81.3 Å². The van der Waals surface area contributed by atoms with Gasteiger partial charge in [-0.1, -0.05) is 20.8 Å². The van der Waals surface area contributed by atoms with Crippen LogP contribution in [0.2, 0.25) is 0 Å². The molecule has 0 aromatic heterocycles. The van der Waals surface area contributed by atoms with Crippen LogP contribution >= 0.6 is 0 Å². The van der Waals surface area contributed by atoms with Crippen LogP contribution < -0.4 is 0 Å². The van der Waals surface area contributed by atoms with Gasteiger partial charge in [0.2, 0.25) is 5.78 Å². The second-order valence-electron chi connectivity index (χ2n) is 3.76. The van der Waals surface area contributed by atoms with E-state index in [4.69, 9.17) is 9.81 Å². The maximum Gasteiger partial charge on any atom is 0.376 e. The molecule has 0 fully saturated rings. The Kier molecular flexibility index (Phi) is 3.06. The van der Waals surface area contributed by atoms with Gasteiger partial charge in [-0.05, 0) is 0 Å².